The predicted molar refractivity (Wildman–Crippen MR) is 81.9 cm³/mol. The monoisotopic (exact) mass is 350 g/mol. The van der Waals surface area contributed by atoms with Gasteiger partial charge in [0.1, 0.15) is 5.82 Å². The second kappa shape index (κ2) is 5.44. The number of nitro benzene ring substituents is 1. The molecule has 1 unspecified atom stereocenters. The minimum Gasteiger partial charge on any atom is -0.376 e. The summed E-state index contributed by atoms with van der Waals surface area (Å²) < 4.78 is 14.9. The Morgan fingerprint density at radius 1 is 1.33 bits per heavy atom. The van der Waals surface area contributed by atoms with Crippen molar-refractivity contribution in [1.29, 1.82) is 0 Å². The van der Waals surface area contributed by atoms with Crippen LogP contribution in [0.3, 0.4) is 0 Å². The second-order valence-corrected chi connectivity index (χ2v) is 5.82. The van der Waals surface area contributed by atoms with Crippen LogP contribution in [-0.2, 0) is 6.42 Å². The molecule has 0 bridgehead atoms. The molecule has 108 valence electrons. The Morgan fingerprint density at radius 3 is 2.90 bits per heavy atom. The van der Waals surface area contributed by atoms with Crippen LogP contribution < -0.4 is 5.32 Å². The molecule has 0 spiro atoms. The molecule has 6 heteroatoms. The molecular weight excluding hydrogens is 339 g/mol. The normalized spacial score (nSPS) is 16.6. The number of hydrogen-bond acceptors (Lipinski definition) is 3. The van der Waals surface area contributed by atoms with E-state index in [1.807, 2.05) is 18.2 Å². The number of anilines is 1. The summed E-state index contributed by atoms with van der Waals surface area (Å²) in [6.07, 6.45) is 1.73. The lowest BCUT2D eigenvalue weighted by Gasteiger charge is -2.16. The summed E-state index contributed by atoms with van der Waals surface area (Å²) in [5, 5.41) is 13.9. The van der Waals surface area contributed by atoms with E-state index in [2.05, 4.69) is 21.2 Å². The van der Waals surface area contributed by atoms with Gasteiger partial charge < -0.3 is 5.32 Å². The molecule has 0 aromatic heterocycles. The summed E-state index contributed by atoms with van der Waals surface area (Å²) >= 11 is 3.51. The molecule has 2 aromatic carbocycles. The zero-order valence-electron chi connectivity index (χ0n) is 11.0. The first-order valence-corrected chi connectivity index (χ1v) is 7.33. The molecule has 2 aromatic rings. The van der Waals surface area contributed by atoms with Crippen LogP contribution in [0.2, 0.25) is 0 Å². The van der Waals surface area contributed by atoms with Crippen LogP contribution in [0.15, 0.2) is 40.9 Å². The topological polar surface area (TPSA) is 55.2 Å². The molecule has 0 saturated carbocycles. The SMILES string of the molecule is O=[N+]([O-])c1ccc(F)c(NC2CCc3c(Br)cccc32)c1. The maximum absolute atomic E-state index is 13.8. The minimum atomic E-state index is -0.524. The average Bonchev–Trinajstić information content (AvgIpc) is 2.86. The van der Waals surface area contributed by atoms with Gasteiger partial charge in [-0.3, -0.25) is 10.1 Å². The Hall–Kier alpha value is -1.95. The van der Waals surface area contributed by atoms with Gasteiger partial charge in [0.05, 0.1) is 16.7 Å². The summed E-state index contributed by atoms with van der Waals surface area (Å²) in [5.74, 6) is -0.482. The van der Waals surface area contributed by atoms with Crippen LogP contribution in [0.5, 0.6) is 0 Å². The summed E-state index contributed by atoms with van der Waals surface area (Å²) in [5.41, 5.74) is 2.37. The maximum Gasteiger partial charge on any atom is 0.271 e. The number of benzene rings is 2. The molecule has 0 fully saturated rings. The Kier molecular flexibility index (Phi) is 3.63. The third-order valence-corrected chi connectivity index (χ3v) is 4.45. The van der Waals surface area contributed by atoms with Crippen molar-refractivity contribution < 1.29 is 9.31 Å². The van der Waals surface area contributed by atoms with E-state index < -0.39 is 10.7 Å². The third-order valence-electron chi connectivity index (χ3n) is 3.70. The van der Waals surface area contributed by atoms with E-state index in [9.17, 15) is 14.5 Å². The second-order valence-electron chi connectivity index (χ2n) is 4.96. The first-order chi connectivity index (χ1) is 10.1. The first kappa shape index (κ1) is 14.0. The van der Waals surface area contributed by atoms with Crippen molar-refractivity contribution >= 4 is 27.3 Å². The number of hydrogen-bond donors (Lipinski definition) is 1. The lowest BCUT2D eigenvalue weighted by Crippen LogP contribution is -2.08. The molecule has 0 saturated heterocycles. The molecule has 0 amide bonds. The van der Waals surface area contributed by atoms with Crippen LogP contribution in [-0.4, -0.2) is 4.92 Å². The number of non-ortho nitro benzene ring substituents is 1. The highest BCUT2D eigenvalue weighted by Crippen LogP contribution is 2.38. The van der Waals surface area contributed by atoms with E-state index in [4.69, 9.17) is 0 Å². The maximum atomic E-state index is 13.8. The van der Waals surface area contributed by atoms with Gasteiger partial charge in [-0.25, -0.2) is 4.39 Å². The lowest BCUT2D eigenvalue weighted by molar-refractivity contribution is -0.384. The number of nitrogens with zero attached hydrogens (tertiary/aromatic N) is 1. The molecule has 1 N–H and O–H groups in total. The van der Waals surface area contributed by atoms with Gasteiger partial charge in [-0.15, -0.1) is 0 Å². The van der Waals surface area contributed by atoms with Gasteiger partial charge in [0.2, 0.25) is 0 Å². The predicted octanol–water partition coefficient (Wildman–Crippen LogP) is 4.60. The van der Waals surface area contributed by atoms with E-state index in [1.165, 1.54) is 17.7 Å². The van der Waals surface area contributed by atoms with Crippen LogP contribution in [0.4, 0.5) is 15.8 Å². The number of fused-ring (bicyclic) bond motifs is 1. The molecule has 3 rings (SSSR count). The largest absolute Gasteiger partial charge is 0.376 e. The fourth-order valence-electron chi connectivity index (χ4n) is 2.68. The van der Waals surface area contributed by atoms with E-state index in [0.717, 1.165) is 28.9 Å². The zero-order valence-corrected chi connectivity index (χ0v) is 12.6. The molecule has 0 aliphatic heterocycles. The van der Waals surface area contributed by atoms with Crippen molar-refractivity contribution in [2.24, 2.45) is 0 Å². The Bertz CT molecular complexity index is 721. The van der Waals surface area contributed by atoms with Crippen LogP contribution in [0.25, 0.3) is 0 Å². The Balaban J connectivity index is 1.91. The Morgan fingerprint density at radius 2 is 2.14 bits per heavy atom. The average molecular weight is 351 g/mol. The van der Waals surface area contributed by atoms with Crippen molar-refractivity contribution in [2.45, 2.75) is 18.9 Å². The standard InChI is InChI=1S/C15H12BrFN2O2/c16-12-3-1-2-11-10(12)5-7-14(11)18-15-8-9(19(20)21)4-6-13(15)17/h1-4,6,8,14,18H,5,7H2. The number of halogens is 2. The highest BCUT2D eigenvalue weighted by Gasteiger charge is 2.25. The molecule has 1 aliphatic carbocycles. The third kappa shape index (κ3) is 2.63. The fourth-order valence-corrected chi connectivity index (χ4v) is 3.26. The molecular formula is C15H12BrFN2O2. The van der Waals surface area contributed by atoms with Gasteiger partial charge in [-0.05, 0) is 36.1 Å². The summed E-state index contributed by atoms with van der Waals surface area (Å²) in [7, 11) is 0. The van der Waals surface area contributed by atoms with E-state index in [-0.39, 0.29) is 17.4 Å². The van der Waals surface area contributed by atoms with Gasteiger partial charge in [0.25, 0.3) is 5.69 Å². The van der Waals surface area contributed by atoms with Crippen molar-refractivity contribution in [3.05, 3.63) is 67.9 Å². The van der Waals surface area contributed by atoms with Crippen molar-refractivity contribution in [2.75, 3.05) is 5.32 Å². The molecule has 21 heavy (non-hydrogen) atoms. The number of rotatable bonds is 3. The van der Waals surface area contributed by atoms with Crippen LogP contribution >= 0.6 is 15.9 Å². The lowest BCUT2D eigenvalue weighted by atomic mass is 10.1. The molecule has 4 nitrogen and oxygen atoms in total. The van der Waals surface area contributed by atoms with Gasteiger partial charge in [-0.1, -0.05) is 28.1 Å². The minimum absolute atomic E-state index is 0.0333. The molecule has 0 heterocycles. The zero-order chi connectivity index (χ0) is 15.0. The summed E-state index contributed by atoms with van der Waals surface area (Å²) in [6, 6.07) is 9.42. The van der Waals surface area contributed by atoms with E-state index >= 15 is 0 Å². The first-order valence-electron chi connectivity index (χ1n) is 6.54. The van der Waals surface area contributed by atoms with Crippen molar-refractivity contribution in [3.8, 4) is 0 Å². The van der Waals surface area contributed by atoms with Gasteiger partial charge in [0.15, 0.2) is 0 Å². The van der Waals surface area contributed by atoms with Crippen LogP contribution in [0, 0.1) is 15.9 Å². The molecule has 1 aliphatic rings. The fraction of sp³-hybridized carbons (Fsp3) is 0.200. The van der Waals surface area contributed by atoms with Gasteiger partial charge in [-0.2, -0.15) is 0 Å². The van der Waals surface area contributed by atoms with Crippen molar-refractivity contribution in [3.63, 3.8) is 0 Å². The number of nitro groups is 1. The summed E-state index contributed by atoms with van der Waals surface area (Å²) in [6.45, 7) is 0. The highest BCUT2D eigenvalue weighted by molar-refractivity contribution is 9.10. The number of nitrogens with one attached hydrogen (secondary N) is 1. The van der Waals surface area contributed by atoms with Crippen molar-refractivity contribution in [1.82, 2.24) is 0 Å². The highest BCUT2D eigenvalue weighted by atomic mass is 79.9. The van der Waals surface area contributed by atoms with E-state index in [1.54, 1.807) is 0 Å². The Labute approximate surface area is 129 Å². The van der Waals surface area contributed by atoms with Gasteiger partial charge >= 0.3 is 0 Å². The quantitative estimate of drug-likeness (QED) is 0.650. The smallest absolute Gasteiger partial charge is 0.271 e. The molecule has 0 radical (unpaired) electrons. The summed E-state index contributed by atoms with van der Waals surface area (Å²) in [4.78, 5) is 10.3. The molecule has 1 atom stereocenters. The van der Waals surface area contributed by atoms with Gasteiger partial charge in [0, 0.05) is 16.6 Å². The van der Waals surface area contributed by atoms with E-state index in [0.29, 0.717) is 0 Å². The van der Waals surface area contributed by atoms with Crippen LogP contribution in [0.1, 0.15) is 23.6 Å².